The third-order valence-electron chi connectivity index (χ3n) is 5.23. The number of hydrogen-bond donors (Lipinski definition) is 0. The number of rotatable bonds is 8. The van der Waals surface area contributed by atoms with Gasteiger partial charge in [-0.3, -0.25) is 14.4 Å². The smallest absolute Gasteiger partial charge is 0.338 e. The number of carbonyl (C=O) groups excluding carboxylic acids is 4. The first-order valence-corrected chi connectivity index (χ1v) is 9.98. The summed E-state index contributed by atoms with van der Waals surface area (Å²) < 4.78 is 10.3. The van der Waals surface area contributed by atoms with Crippen LogP contribution in [0.25, 0.3) is 0 Å². The second-order valence-corrected chi connectivity index (χ2v) is 7.10. The maximum atomic E-state index is 13.1. The summed E-state index contributed by atoms with van der Waals surface area (Å²) in [5.74, 6) is -1.85. The van der Waals surface area contributed by atoms with Crippen molar-refractivity contribution in [3.8, 4) is 0 Å². The molecule has 0 bridgehead atoms. The van der Waals surface area contributed by atoms with Crippen LogP contribution in [0.3, 0.4) is 0 Å². The van der Waals surface area contributed by atoms with Gasteiger partial charge in [-0.1, -0.05) is 19.8 Å². The van der Waals surface area contributed by atoms with Crippen LogP contribution in [0.1, 0.15) is 93.1 Å². The molecule has 0 atom stereocenters. The molecule has 1 aromatic carbocycles. The predicted molar refractivity (Wildman–Crippen MR) is 105 cm³/mol. The zero-order valence-corrected chi connectivity index (χ0v) is 16.7. The Kier molecular flexibility index (Phi) is 6.42. The first-order chi connectivity index (χ1) is 14.0. The molecule has 1 aliphatic rings. The minimum Gasteiger partial charge on any atom is -0.462 e. The average Bonchev–Trinajstić information content (AvgIpc) is 3.45. The fraction of sp³-hybridized carbons (Fsp3) is 0.391. The lowest BCUT2D eigenvalue weighted by atomic mass is 9.87. The summed E-state index contributed by atoms with van der Waals surface area (Å²) in [5, 5.41) is 0. The predicted octanol–water partition coefficient (Wildman–Crippen LogP) is 4.65. The van der Waals surface area contributed by atoms with Crippen LogP contribution in [-0.2, 0) is 4.74 Å². The van der Waals surface area contributed by atoms with E-state index in [1.807, 2.05) is 0 Å². The highest BCUT2D eigenvalue weighted by atomic mass is 16.5. The van der Waals surface area contributed by atoms with E-state index in [-0.39, 0.29) is 58.5 Å². The maximum Gasteiger partial charge on any atom is 0.338 e. The molecule has 1 aromatic heterocycles. The van der Waals surface area contributed by atoms with Crippen LogP contribution in [0.2, 0.25) is 0 Å². The average molecular weight is 396 g/mol. The van der Waals surface area contributed by atoms with Gasteiger partial charge in [0.1, 0.15) is 0 Å². The molecule has 6 nitrogen and oxygen atoms in total. The molecule has 2 aromatic rings. The normalized spacial score (nSPS) is 14.0. The molecule has 0 unspecified atom stereocenters. The van der Waals surface area contributed by atoms with Crippen molar-refractivity contribution in [1.29, 1.82) is 0 Å². The van der Waals surface area contributed by atoms with Crippen LogP contribution in [0, 0.1) is 5.92 Å². The molecule has 3 rings (SSSR count). The molecule has 152 valence electrons. The Morgan fingerprint density at radius 2 is 1.76 bits per heavy atom. The molecular weight excluding hydrogens is 372 g/mol. The summed E-state index contributed by atoms with van der Waals surface area (Å²) in [6.07, 6.45) is 4.97. The van der Waals surface area contributed by atoms with Gasteiger partial charge in [-0.15, -0.1) is 0 Å². The molecule has 1 fully saturated rings. The van der Waals surface area contributed by atoms with Crippen molar-refractivity contribution < 1.29 is 28.3 Å². The Balaban J connectivity index is 2.21. The van der Waals surface area contributed by atoms with Crippen molar-refractivity contribution in [2.45, 2.75) is 46.0 Å². The van der Waals surface area contributed by atoms with Crippen molar-refractivity contribution in [2.75, 3.05) is 6.61 Å². The minimum atomic E-state index is -0.723. The van der Waals surface area contributed by atoms with Gasteiger partial charge < -0.3 is 9.15 Å². The molecule has 0 aliphatic heterocycles. The number of hydrogen-bond acceptors (Lipinski definition) is 6. The highest BCUT2D eigenvalue weighted by Crippen LogP contribution is 2.31. The van der Waals surface area contributed by atoms with E-state index < -0.39 is 11.8 Å². The van der Waals surface area contributed by atoms with Gasteiger partial charge in [0.15, 0.2) is 17.3 Å². The van der Waals surface area contributed by atoms with E-state index in [9.17, 15) is 19.2 Å². The van der Waals surface area contributed by atoms with Crippen LogP contribution in [0.15, 0.2) is 34.9 Å². The molecule has 0 radical (unpaired) electrons. The molecule has 1 aliphatic carbocycles. The summed E-state index contributed by atoms with van der Waals surface area (Å²) in [6.45, 7) is 3.42. The third-order valence-corrected chi connectivity index (χ3v) is 5.23. The minimum absolute atomic E-state index is 0.00120. The van der Waals surface area contributed by atoms with Crippen LogP contribution in [-0.4, -0.2) is 29.9 Å². The summed E-state index contributed by atoms with van der Waals surface area (Å²) in [7, 11) is 0. The Labute approximate surface area is 169 Å². The lowest BCUT2D eigenvalue weighted by Gasteiger charge is -2.16. The monoisotopic (exact) mass is 396 g/mol. The molecule has 1 saturated carbocycles. The molecule has 6 heteroatoms. The highest BCUT2D eigenvalue weighted by molar-refractivity contribution is 6.19. The maximum absolute atomic E-state index is 13.1. The topological polar surface area (TPSA) is 90.7 Å². The lowest BCUT2D eigenvalue weighted by molar-refractivity contribution is 0.0523. The van der Waals surface area contributed by atoms with E-state index in [1.165, 1.54) is 24.5 Å². The van der Waals surface area contributed by atoms with Crippen molar-refractivity contribution in [3.63, 3.8) is 0 Å². The number of Topliss-reactive ketones (excluding diaryl/α,β-unsaturated/α-hetero) is 2. The zero-order valence-electron chi connectivity index (χ0n) is 16.7. The molecule has 0 amide bonds. The molecule has 29 heavy (non-hydrogen) atoms. The van der Waals surface area contributed by atoms with Gasteiger partial charge in [0.05, 0.1) is 18.4 Å². The SMILES string of the molecule is CCOC(=O)c1cc(C(=O)C2CCCC2)cc(C(=O)c2ccco2)c1C(=O)CC. The number of ketones is 3. The first-order valence-electron chi connectivity index (χ1n) is 9.98. The fourth-order valence-corrected chi connectivity index (χ4v) is 3.77. The standard InChI is InChI=1S/C23H24O6/c1-3-18(24)20-16(22(26)19-10-7-11-29-19)12-15(13-17(20)23(27)28-4-2)21(25)14-8-5-6-9-14/h7,10-14H,3-6,8-9H2,1-2H3. The molecule has 0 spiro atoms. The van der Waals surface area contributed by atoms with Gasteiger partial charge >= 0.3 is 5.97 Å². The van der Waals surface area contributed by atoms with Gasteiger partial charge in [-0.05, 0) is 44.0 Å². The van der Waals surface area contributed by atoms with Crippen LogP contribution < -0.4 is 0 Å². The largest absolute Gasteiger partial charge is 0.462 e. The number of benzene rings is 1. The van der Waals surface area contributed by atoms with Gasteiger partial charge in [0.25, 0.3) is 0 Å². The van der Waals surface area contributed by atoms with E-state index >= 15 is 0 Å². The molecular formula is C23H24O6. The third kappa shape index (κ3) is 4.21. The van der Waals surface area contributed by atoms with E-state index in [0.29, 0.717) is 0 Å². The Morgan fingerprint density at radius 1 is 1.07 bits per heavy atom. The van der Waals surface area contributed by atoms with Gasteiger partial charge in [0, 0.05) is 29.0 Å². The number of furan rings is 1. The van der Waals surface area contributed by atoms with Crippen molar-refractivity contribution in [2.24, 2.45) is 5.92 Å². The number of esters is 1. The molecule has 1 heterocycles. The van der Waals surface area contributed by atoms with E-state index in [1.54, 1.807) is 19.9 Å². The van der Waals surface area contributed by atoms with Crippen molar-refractivity contribution in [1.82, 2.24) is 0 Å². The Bertz CT molecular complexity index is 933. The van der Waals surface area contributed by atoms with Gasteiger partial charge in [0.2, 0.25) is 5.78 Å². The van der Waals surface area contributed by atoms with Crippen LogP contribution >= 0.6 is 0 Å². The van der Waals surface area contributed by atoms with Crippen LogP contribution in [0.4, 0.5) is 0 Å². The molecule has 0 N–H and O–H groups in total. The summed E-state index contributed by atoms with van der Waals surface area (Å²) >= 11 is 0. The highest BCUT2D eigenvalue weighted by Gasteiger charge is 2.31. The summed E-state index contributed by atoms with van der Waals surface area (Å²) in [6, 6.07) is 5.88. The summed E-state index contributed by atoms with van der Waals surface area (Å²) in [5.41, 5.74) is 0.189. The second-order valence-electron chi connectivity index (χ2n) is 7.10. The fourth-order valence-electron chi connectivity index (χ4n) is 3.77. The quantitative estimate of drug-likeness (QED) is 0.476. The van der Waals surface area contributed by atoms with Gasteiger partial charge in [-0.25, -0.2) is 4.79 Å². The summed E-state index contributed by atoms with van der Waals surface area (Å²) in [4.78, 5) is 51.4. The van der Waals surface area contributed by atoms with Crippen molar-refractivity contribution >= 4 is 23.3 Å². The Morgan fingerprint density at radius 3 is 2.34 bits per heavy atom. The van der Waals surface area contributed by atoms with Crippen molar-refractivity contribution in [3.05, 3.63) is 58.5 Å². The number of ether oxygens (including phenoxy) is 1. The lowest BCUT2D eigenvalue weighted by Crippen LogP contribution is -2.20. The Hall–Kier alpha value is -3.02. The number of carbonyl (C=O) groups is 4. The van der Waals surface area contributed by atoms with E-state index in [2.05, 4.69) is 0 Å². The second kappa shape index (κ2) is 8.99. The van der Waals surface area contributed by atoms with E-state index in [4.69, 9.17) is 9.15 Å². The van der Waals surface area contributed by atoms with Gasteiger partial charge in [-0.2, -0.15) is 0 Å². The van der Waals surface area contributed by atoms with Crippen LogP contribution in [0.5, 0.6) is 0 Å². The zero-order chi connectivity index (χ0) is 21.0. The first kappa shape index (κ1) is 20.7. The molecule has 0 saturated heterocycles. The van der Waals surface area contributed by atoms with E-state index in [0.717, 1.165) is 25.7 Å².